The summed E-state index contributed by atoms with van der Waals surface area (Å²) < 4.78 is 6.17. The standard InChI is InChI=1S/C25H29NO2/c1-4-23(28-24-16-10-14-19-11-8-9-15-21(19)24)25(27)26-22(17-18(2)3)20-12-6-5-7-13-20/h5-16,18,22-23H,4,17H2,1-3H3,(H,26,27)/t22-,23-/m1/s1. The lowest BCUT2D eigenvalue weighted by Crippen LogP contribution is -2.40. The Morgan fingerprint density at radius 3 is 2.32 bits per heavy atom. The summed E-state index contributed by atoms with van der Waals surface area (Å²) in [5, 5.41) is 5.35. The van der Waals surface area contributed by atoms with Crippen LogP contribution in [0.1, 0.15) is 45.2 Å². The highest BCUT2D eigenvalue weighted by Crippen LogP contribution is 2.27. The van der Waals surface area contributed by atoms with Gasteiger partial charge < -0.3 is 10.1 Å². The summed E-state index contributed by atoms with van der Waals surface area (Å²) in [5.74, 6) is 1.16. The van der Waals surface area contributed by atoms with Gasteiger partial charge in [-0.3, -0.25) is 4.79 Å². The van der Waals surface area contributed by atoms with Gasteiger partial charge in [0.05, 0.1) is 6.04 Å². The number of amides is 1. The second-order valence-corrected chi connectivity index (χ2v) is 7.59. The molecule has 3 aromatic rings. The first-order valence-electron chi connectivity index (χ1n) is 10.1. The van der Waals surface area contributed by atoms with E-state index in [9.17, 15) is 4.79 Å². The summed E-state index contributed by atoms with van der Waals surface area (Å²) in [6, 6.07) is 24.2. The van der Waals surface area contributed by atoms with Crippen LogP contribution in [0.3, 0.4) is 0 Å². The number of ether oxygens (including phenoxy) is 1. The van der Waals surface area contributed by atoms with E-state index in [0.717, 1.165) is 28.5 Å². The van der Waals surface area contributed by atoms with Crippen LogP contribution in [0.2, 0.25) is 0 Å². The summed E-state index contributed by atoms with van der Waals surface area (Å²) in [6.07, 6.45) is 0.975. The van der Waals surface area contributed by atoms with Crippen LogP contribution in [-0.4, -0.2) is 12.0 Å². The second kappa shape index (κ2) is 9.41. The van der Waals surface area contributed by atoms with E-state index in [4.69, 9.17) is 4.74 Å². The Labute approximate surface area is 167 Å². The average Bonchev–Trinajstić information content (AvgIpc) is 2.71. The fourth-order valence-corrected chi connectivity index (χ4v) is 3.47. The van der Waals surface area contributed by atoms with Crippen LogP contribution in [0.4, 0.5) is 0 Å². The van der Waals surface area contributed by atoms with Gasteiger partial charge in [0.2, 0.25) is 0 Å². The van der Waals surface area contributed by atoms with Crippen molar-refractivity contribution in [3.05, 3.63) is 78.4 Å². The van der Waals surface area contributed by atoms with Gasteiger partial charge in [0.25, 0.3) is 5.91 Å². The minimum absolute atomic E-state index is 0.0149. The molecule has 0 saturated heterocycles. The Hall–Kier alpha value is -2.81. The molecule has 0 fully saturated rings. The number of nitrogens with one attached hydrogen (secondary N) is 1. The second-order valence-electron chi connectivity index (χ2n) is 7.59. The lowest BCUT2D eigenvalue weighted by Gasteiger charge is -2.25. The van der Waals surface area contributed by atoms with E-state index in [0.29, 0.717) is 12.3 Å². The molecule has 0 aliphatic rings. The van der Waals surface area contributed by atoms with Gasteiger partial charge in [0.1, 0.15) is 5.75 Å². The van der Waals surface area contributed by atoms with Gasteiger partial charge in [-0.15, -0.1) is 0 Å². The van der Waals surface area contributed by atoms with Crippen LogP contribution >= 0.6 is 0 Å². The van der Waals surface area contributed by atoms with Crippen molar-refractivity contribution in [1.82, 2.24) is 5.32 Å². The highest BCUT2D eigenvalue weighted by molar-refractivity contribution is 5.89. The maximum absolute atomic E-state index is 13.0. The first-order valence-corrected chi connectivity index (χ1v) is 10.1. The fraction of sp³-hybridized carbons (Fsp3) is 0.320. The van der Waals surface area contributed by atoms with E-state index in [2.05, 4.69) is 43.4 Å². The van der Waals surface area contributed by atoms with Gasteiger partial charge in [-0.05, 0) is 35.8 Å². The van der Waals surface area contributed by atoms with Gasteiger partial charge in [-0.1, -0.05) is 87.5 Å². The molecule has 0 heterocycles. The molecule has 0 aromatic heterocycles. The predicted molar refractivity (Wildman–Crippen MR) is 115 cm³/mol. The third-order valence-corrected chi connectivity index (χ3v) is 4.91. The van der Waals surface area contributed by atoms with E-state index >= 15 is 0 Å². The summed E-state index contributed by atoms with van der Waals surface area (Å²) in [4.78, 5) is 13.0. The van der Waals surface area contributed by atoms with Crippen LogP contribution in [0.15, 0.2) is 72.8 Å². The zero-order valence-corrected chi connectivity index (χ0v) is 16.9. The molecule has 0 aliphatic heterocycles. The molecule has 0 bridgehead atoms. The van der Waals surface area contributed by atoms with Crippen LogP contribution in [0.25, 0.3) is 10.8 Å². The van der Waals surface area contributed by atoms with E-state index < -0.39 is 6.10 Å². The van der Waals surface area contributed by atoms with E-state index in [1.54, 1.807) is 0 Å². The molecule has 3 aromatic carbocycles. The van der Waals surface area contributed by atoms with Gasteiger partial charge in [-0.25, -0.2) is 0 Å². The van der Waals surface area contributed by atoms with Gasteiger partial charge in [-0.2, -0.15) is 0 Å². The largest absolute Gasteiger partial charge is 0.480 e. The molecular weight excluding hydrogens is 346 g/mol. The summed E-state index contributed by atoms with van der Waals surface area (Å²) in [5.41, 5.74) is 1.13. The highest BCUT2D eigenvalue weighted by atomic mass is 16.5. The quantitative estimate of drug-likeness (QED) is 0.532. The SMILES string of the molecule is CC[C@@H](Oc1cccc2ccccc12)C(=O)N[C@H](CC(C)C)c1ccccc1. The molecule has 2 atom stereocenters. The Balaban J connectivity index is 1.78. The van der Waals surface area contributed by atoms with Crippen LogP contribution < -0.4 is 10.1 Å². The number of carbonyl (C=O) groups is 1. The smallest absolute Gasteiger partial charge is 0.261 e. The molecule has 0 radical (unpaired) electrons. The van der Waals surface area contributed by atoms with Crippen molar-refractivity contribution in [2.75, 3.05) is 0 Å². The molecule has 1 amide bonds. The van der Waals surface area contributed by atoms with E-state index in [-0.39, 0.29) is 11.9 Å². The number of hydrogen-bond donors (Lipinski definition) is 1. The van der Waals surface area contributed by atoms with Crippen molar-refractivity contribution in [2.45, 2.75) is 45.8 Å². The first kappa shape index (κ1) is 19.9. The number of benzene rings is 3. The number of fused-ring (bicyclic) bond motifs is 1. The molecule has 0 saturated carbocycles. The molecule has 0 aliphatic carbocycles. The Kier molecular flexibility index (Phi) is 6.70. The van der Waals surface area contributed by atoms with Crippen molar-refractivity contribution >= 4 is 16.7 Å². The van der Waals surface area contributed by atoms with Crippen LogP contribution in [-0.2, 0) is 4.79 Å². The molecule has 28 heavy (non-hydrogen) atoms. The summed E-state index contributed by atoms with van der Waals surface area (Å²) >= 11 is 0. The molecule has 1 N–H and O–H groups in total. The Bertz CT molecular complexity index is 899. The highest BCUT2D eigenvalue weighted by Gasteiger charge is 2.23. The Morgan fingerprint density at radius 2 is 1.61 bits per heavy atom. The third kappa shape index (κ3) is 4.92. The topological polar surface area (TPSA) is 38.3 Å². The monoisotopic (exact) mass is 375 g/mol. The third-order valence-electron chi connectivity index (χ3n) is 4.91. The molecule has 146 valence electrons. The van der Waals surface area contributed by atoms with Crippen molar-refractivity contribution in [3.8, 4) is 5.75 Å². The first-order chi connectivity index (χ1) is 13.6. The average molecular weight is 376 g/mol. The van der Waals surface area contributed by atoms with Gasteiger partial charge in [0, 0.05) is 5.39 Å². The minimum Gasteiger partial charge on any atom is -0.480 e. The fourth-order valence-electron chi connectivity index (χ4n) is 3.47. The molecule has 0 spiro atoms. The summed E-state index contributed by atoms with van der Waals surface area (Å²) in [6.45, 7) is 6.33. The number of rotatable bonds is 8. The molecule has 3 heteroatoms. The summed E-state index contributed by atoms with van der Waals surface area (Å²) in [7, 11) is 0. The lowest BCUT2D eigenvalue weighted by molar-refractivity contribution is -0.129. The van der Waals surface area contributed by atoms with Crippen molar-refractivity contribution in [1.29, 1.82) is 0 Å². The molecule has 0 unspecified atom stereocenters. The Morgan fingerprint density at radius 1 is 0.929 bits per heavy atom. The zero-order chi connectivity index (χ0) is 19.9. The molecular formula is C25H29NO2. The van der Waals surface area contributed by atoms with Crippen molar-refractivity contribution in [2.24, 2.45) is 5.92 Å². The van der Waals surface area contributed by atoms with Gasteiger partial charge >= 0.3 is 0 Å². The predicted octanol–water partition coefficient (Wildman–Crippen LogP) is 5.90. The van der Waals surface area contributed by atoms with Crippen molar-refractivity contribution in [3.63, 3.8) is 0 Å². The van der Waals surface area contributed by atoms with Crippen LogP contribution in [0, 0.1) is 5.92 Å². The number of hydrogen-bond acceptors (Lipinski definition) is 2. The van der Waals surface area contributed by atoms with E-state index in [1.807, 2.05) is 55.5 Å². The zero-order valence-electron chi connectivity index (χ0n) is 16.9. The maximum atomic E-state index is 13.0. The number of carbonyl (C=O) groups excluding carboxylic acids is 1. The minimum atomic E-state index is -0.524. The van der Waals surface area contributed by atoms with E-state index in [1.165, 1.54) is 0 Å². The van der Waals surface area contributed by atoms with Crippen LogP contribution in [0.5, 0.6) is 5.75 Å². The maximum Gasteiger partial charge on any atom is 0.261 e. The lowest BCUT2D eigenvalue weighted by atomic mass is 9.96. The molecule has 3 nitrogen and oxygen atoms in total. The molecule has 3 rings (SSSR count). The normalized spacial score (nSPS) is 13.3. The van der Waals surface area contributed by atoms with Gasteiger partial charge in [0.15, 0.2) is 6.10 Å². The van der Waals surface area contributed by atoms with Crippen molar-refractivity contribution < 1.29 is 9.53 Å².